The van der Waals surface area contributed by atoms with Gasteiger partial charge in [0.05, 0.1) is 26.4 Å². The van der Waals surface area contributed by atoms with Gasteiger partial charge in [-0.3, -0.25) is 14.6 Å². The van der Waals surface area contributed by atoms with E-state index in [2.05, 4.69) is 30.6 Å². The van der Waals surface area contributed by atoms with E-state index in [1.165, 1.54) is 7.11 Å². The summed E-state index contributed by atoms with van der Waals surface area (Å²) in [5, 5.41) is 0. The fourth-order valence-corrected chi connectivity index (χ4v) is 2.66. The van der Waals surface area contributed by atoms with Gasteiger partial charge in [-0.2, -0.15) is 0 Å². The van der Waals surface area contributed by atoms with Crippen LogP contribution in [0.25, 0.3) is 0 Å². The van der Waals surface area contributed by atoms with E-state index in [-0.39, 0.29) is 12.1 Å². The zero-order valence-corrected chi connectivity index (χ0v) is 13.4. The zero-order valence-electron chi connectivity index (χ0n) is 13.4. The molecular weight excluding hydrogens is 256 g/mol. The second-order valence-electron chi connectivity index (χ2n) is 5.96. The lowest BCUT2D eigenvalue weighted by atomic mass is 10.1. The van der Waals surface area contributed by atoms with E-state index in [1.54, 1.807) is 0 Å². The average Bonchev–Trinajstić information content (AvgIpc) is 2.38. The van der Waals surface area contributed by atoms with Crippen LogP contribution in [-0.4, -0.2) is 74.9 Å². The van der Waals surface area contributed by atoms with Gasteiger partial charge in [0.1, 0.15) is 0 Å². The van der Waals surface area contributed by atoms with Crippen LogP contribution in [0.3, 0.4) is 0 Å². The van der Waals surface area contributed by atoms with Crippen LogP contribution in [0.1, 0.15) is 27.2 Å². The molecule has 0 radical (unpaired) electrons. The highest BCUT2D eigenvalue weighted by atomic mass is 16.5. The van der Waals surface area contributed by atoms with Crippen LogP contribution in [0.4, 0.5) is 0 Å². The molecule has 0 bridgehead atoms. The van der Waals surface area contributed by atoms with Gasteiger partial charge in [-0.25, -0.2) is 0 Å². The highest BCUT2D eigenvalue weighted by molar-refractivity contribution is 5.71. The molecule has 1 saturated heterocycles. The molecule has 1 heterocycles. The Hall–Kier alpha value is -0.650. The standard InChI is InChI=1S/C15H30N2O3/c1-5-6-16(12-15(18)19-4)10-14-11-17(7-8-20-14)9-13(2)3/h13-14H,5-12H2,1-4H3. The molecule has 0 N–H and O–H groups in total. The third-order valence-corrected chi connectivity index (χ3v) is 3.43. The molecule has 1 rings (SSSR count). The number of nitrogens with zero attached hydrogens (tertiary/aromatic N) is 2. The fraction of sp³-hybridized carbons (Fsp3) is 0.933. The summed E-state index contributed by atoms with van der Waals surface area (Å²) < 4.78 is 10.6. The largest absolute Gasteiger partial charge is 0.468 e. The monoisotopic (exact) mass is 286 g/mol. The van der Waals surface area contributed by atoms with Crippen molar-refractivity contribution in [2.24, 2.45) is 5.92 Å². The SMILES string of the molecule is CCCN(CC(=O)OC)CC1CN(CC(C)C)CCO1. The molecule has 1 unspecified atom stereocenters. The second-order valence-corrected chi connectivity index (χ2v) is 5.96. The van der Waals surface area contributed by atoms with Gasteiger partial charge in [-0.1, -0.05) is 20.8 Å². The first-order chi connectivity index (χ1) is 9.55. The molecule has 5 heteroatoms. The number of carbonyl (C=O) groups excluding carboxylic acids is 1. The molecule has 0 saturated carbocycles. The van der Waals surface area contributed by atoms with E-state index in [0.717, 1.165) is 45.8 Å². The minimum Gasteiger partial charge on any atom is -0.468 e. The topological polar surface area (TPSA) is 42.0 Å². The Bertz CT molecular complexity index is 284. The van der Waals surface area contributed by atoms with E-state index in [1.807, 2.05) is 0 Å². The fourth-order valence-electron chi connectivity index (χ4n) is 2.66. The van der Waals surface area contributed by atoms with Crippen LogP contribution in [-0.2, 0) is 14.3 Å². The van der Waals surface area contributed by atoms with Gasteiger partial charge < -0.3 is 9.47 Å². The molecule has 0 aromatic heterocycles. The van der Waals surface area contributed by atoms with E-state index in [0.29, 0.717) is 12.5 Å². The molecular formula is C15H30N2O3. The van der Waals surface area contributed by atoms with Crippen molar-refractivity contribution in [2.45, 2.75) is 33.3 Å². The van der Waals surface area contributed by atoms with Crippen LogP contribution < -0.4 is 0 Å². The Morgan fingerprint density at radius 3 is 2.85 bits per heavy atom. The molecule has 0 spiro atoms. The van der Waals surface area contributed by atoms with Crippen molar-refractivity contribution >= 4 is 5.97 Å². The molecule has 1 aliphatic rings. The first-order valence-electron chi connectivity index (χ1n) is 7.68. The van der Waals surface area contributed by atoms with Crippen LogP contribution in [0.5, 0.6) is 0 Å². The Balaban J connectivity index is 2.43. The molecule has 0 aliphatic carbocycles. The van der Waals surface area contributed by atoms with Gasteiger partial charge in [0.2, 0.25) is 0 Å². The van der Waals surface area contributed by atoms with E-state index in [9.17, 15) is 4.79 Å². The van der Waals surface area contributed by atoms with Crippen molar-refractivity contribution in [1.82, 2.24) is 9.80 Å². The molecule has 20 heavy (non-hydrogen) atoms. The van der Waals surface area contributed by atoms with Gasteiger partial charge in [0.15, 0.2) is 0 Å². The lowest BCUT2D eigenvalue weighted by molar-refractivity contribution is -0.142. The Morgan fingerprint density at radius 1 is 1.50 bits per heavy atom. The first-order valence-corrected chi connectivity index (χ1v) is 7.68. The number of methoxy groups -OCH3 is 1. The number of rotatable bonds is 8. The van der Waals surface area contributed by atoms with E-state index < -0.39 is 0 Å². The summed E-state index contributed by atoms with van der Waals surface area (Å²) >= 11 is 0. The van der Waals surface area contributed by atoms with E-state index in [4.69, 9.17) is 9.47 Å². The zero-order chi connectivity index (χ0) is 15.0. The molecule has 118 valence electrons. The molecule has 0 amide bonds. The Morgan fingerprint density at radius 2 is 2.25 bits per heavy atom. The van der Waals surface area contributed by atoms with Crippen LogP contribution in [0.2, 0.25) is 0 Å². The molecule has 1 fully saturated rings. The number of hydrogen-bond donors (Lipinski definition) is 0. The lowest BCUT2D eigenvalue weighted by Crippen LogP contribution is -2.49. The maximum Gasteiger partial charge on any atom is 0.319 e. The maximum absolute atomic E-state index is 11.4. The van der Waals surface area contributed by atoms with E-state index >= 15 is 0 Å². The highest BCUT2D eigenvalue weighted by Gasteiger charge is 2.23. The summed E-state index contributed by atoms with van der Waals surface area (Å²) in [7, 11) is 1.44. The average molecular weight is 286 g/mol. The summed E-state index contributed by atoms with van der Waals surface area (Å²) in [6, 6.07) is 0. The number of esters is 1. The smallest absolute Gasteiger partial charge is 0.319 e. The second kappa shape index (κ2) is 9.32. The van der Waals surface area contributed by atoms with Crippen molar-refractivity contribution in [1.29, 1.82) is 0 Å². The Labute approximate surface area is 123 Å². The lowest BCUT2D eigenvalue weighted by Gasteiger charge is -2.36. The quantitative estimate of drug-likeness (QED) is 0.628. The van der Waals surface area contributed by atoms with Crippen LogP contribution >= 0.6 is 0 Å². The summed E-state index contributed by atoms with van der Waals surface area (Å²) in [5.41, 5.74) is 0. The molecule has 1 aliphatic heterocycles. The summed E-state index contributed by atoms with van der Waals surface area (Å²) in [5.74, 6) is 0.504. The van der Waals surface area contributed by atoms with Gasteiger partial charge in [-0.05, 0) is 18.9 Å². The summed E-state index contributed by atoms with van der Waals surface area (Å²) in [6.07, 6.45) is 1.22. The van der Waals surface area contributed by atoms with Crippen LogP contribution in [0.15, 0.2) is 0 Å². The summed E-state index contributed by atoms with van der Waals surface area (Å²) in [4.78, 5) is 16.0. The summed E-state index contributed by atoms with van der Waals surface area (Å²) in [6.45, 7) is 12.5. The Kier molecular flexibility index (Phi) is 8.11. The molecule has 5 nitrogen and oxygen atoms in total. The van der Waals surface area contributed by atoms with Crippen molar-refractivity contribution in [3.05, 3.63) is 0 Å². The predicted molar refractivity (Wildman–Crippen MR) is 79.8 cm³/mol. The van der Waals surface area contributed by atoms with Crippen molar-refractivity contribution < 1.29 is 14.3 Å². The third-order valence-electron chi connectivity index (χ3n) is 3.43. The van der Waals surface area contributed by atoms with Gasteiger partial charge in [0.25, 0.3) is 0 Å². The van der Waals surface area contributed by atoms with Crippen molar-refractivity contribution in [2.75, 3.05) is 53.0 Å². The van der Waals surface area contributed by atoms with Crippen LogP contribution in [0, 0.1) is 5.92 Å². The number of hydrogen-bond acceptors (Lipinski definition) is 5. The number of morpholine rings is 1. The number of carbonyl (C=O) groups is 1. The minimum absolute atomic E-state index is 0.173. The highest BCUT2D eigenvalue weighted by Crippen LogP contribution is 2.10. The normalized spacial score (nSPS) is 20.6. The van der Waals surface area contributed by atoms with Gasteiger partial charge in [0, 0.05) is 26.2 Å². The minimum atomic E-state index is -0.173. The maximum atomic E-state index is 11.4. The van der Waals surface area contributed by atoms with Gasteiger partial charge >= 0.3 is 5.97 Å². The first kappa shape index (κ1) is 17.4. The van der Waals surface area contributed by atoms with Gasteiger partial charge in [-0.15, -0.1) is 0 Å². The van der Waals surface area contributed by atoms with Crippen molar-refractivity contribution in [3.63, 3.8) is 0 Å². The molecule has 0 aromatic carbocycles. The third kappa shape index (κ3) is 6.68. The molecule has 1 atom stereocenters. The predicted octanol–water partition coefficient (Wildman–Crippen LogP) is 1.23. The van der Waals surface area contributed by atoms with Crippen molar-refractivity contribution in [3.8, 4) is 0 Å². The number of ether oxygens (including phenoxy) is 2. The molecule has 0 aromatic rings.